The van der Waals surface area contributed by atoms with Crippen molar-refractivity contribution < 1.29 is 0 Å². The molecule has 3 nitrogen and oxygen atoms in total. The number of hydrogen-bond donors (Lipinski definition) is 1. The smallest absolute Gasteiger partial charge is 0.128 e. The summed E-state index contributed by atoms with van der Waals surface area (Å²) in [5.74, 6) is 2.65. The number of hydrogen-bond acceptors (Lipinski definition) is 3. The summed E-state index contributed by atoms with van der Waals surface area (Å²) >= 11 is 0. The Morgan fingerprint density at radius 2 is 2.05 bits per heavy atom. The molecule has 19 heavy (non-hydrogen) atoms. The maximum Gasteiger partial charge on any atom is 0.128 e. The molecule has 0 radical (unpaired) electrons. The van der Waals surface area contributed by atoms with Gasteiger partial charge in [0.2, 0.25) is 0 Å². The third-order valence-electron chi connectivity index (χ3n) is 4.23. The van der Waals surface area contributed by atoms with Gasteiger partial charge in [0.25, 0.3) is 0 Å². The third-order valence-corrected chi connectivity index (χ3v) is 4.23. The maximum absolute atomic E-state index is 5.85. The Hall–Kier alpha value is -0.800. The molecule has 1 aliphatic heterocycles. The van der Waals surface area contributed by atoms with E-state index in [2.05, 4.69) is 41.9 Å². The number of halogens is 1. The number of nitrogens with zero attached hydrogens (tertiary/aromatic N) is 2. The standard InChI is InChI=1S/C15H25N3.ClH/c1-3-13(11-16)14-7-9-18(10-8-14)15-6-4-5-12(2)17-15;/h4-6,13-14H,3,7-11,16H2,1-2H3;1H. The minimum atomic E-state index is 0. The summed E-state index contributed by atoms with van der Waals surface area (Å²) in [7, 11) is 0. The fraction of sp³-hybridized carbons (Fsp3) is 0.667. The van der Waals surface area contributed by atoms with Crippen molar-refractivity contribution in [1.82, 2.24) is 4.98 Å². The second-order valence-corrected chi connectivity index (χ2v) is 5.37. The van der Waals surface area contributed by atoms with Gasteiger partial charge >= 0.3 is 0 Å². The quantitative estimate of drug-likeness (QED) is 0.924. The van der Waals surface area contributed by atoms with Crippen LogP contribution in [0.5, 0.6) is 0 Å². The van der Waals surface area contributed by atoms with Crippen LogP contribution in [0.2, 0.25) is 0 Å². The molecule has 1 unspecified atom stereocenters. The summed E-state index contributed by atoms with van der Waals surface area (Å²) in [5.41, 5.74) is 6.95. The summed E-state index contributed by atoms with van der Waals surface area (Å²) in [6.45, 7) is 7.39. The molecule has 0 amide bonds. The lowest BCUT2D eigenvalue weighted by atomic mass is 9.83. The Balaban J connectivity index is 0.00000180. The van der Waals surface area contributed by atoms with Gasteiger partial charge in [0, 0.05) is 18.8 Å². The topological polar surface area (TPSA) is 42.1 Å². The summed E-state index contributed by atoms with van der Waals surface area (Å²) in [5, 5.41) is 0. The summed E-state index contributed by atoms with van der Waals surface area (Å²) < 4.78 is 0. The minimum Gasteiger partial charge on any atom is -0.357 e. The summed E-state index contributed by atoms with van der Waals surface area (Å²) in [4.78, 5) is 7.02. The van der Waals surface area contributed by atoms with Gasteiger partial charge in [-0.05, 0) is 50.3 Å². The van der Waals surface area contributed by atoms with E-state index in [0.29, 0.717) is 5.92 Å². The van der Waals surface area contributed by atoms with Crippen LogP contribution in [0.1, 0.15) is 31.9 Å². The highest BCUT2D eigenvalue weighted by molar-refractivity contribution is 5.85. The highest BCUT2D eigenvalue weighted by Crippen LogP contribution is 2.28. The zero-order valence-electron chi connectivity index (χ0n) is 12.0. The molecule has 0 spiro atoms. The first-order valence-corrected chi connectivity index (χ1v) is 7.13. The lowest BCUT2D eigenvalue weighted by Crippen LogP contribution is -2.38. The van der Waals surface area contributed by atoms with Crippen LogP contribution in [0.25, 0.3) is 0 Å². The van der Waals surface area contributed by atoms with E-state index in [-0.39, 0.29) is 12.4 Å². The van der Waals surface area contributed by atoms with Crippen LogP contribution < -0.4 is 10.6 Å². The van der Waals surface area contributed by atoms with E-state index in [1.807, 2.05) is 0 Å². The second kappa shape index (κ2) is 7.71. The monoisotopic (exact) mass is 283 g/mol. The van der Waals surface area contributed by atoms with Crippen LogP contribution in [-0.2, 0) is 0 Å². The van der Waals surface area contributed by atoms with Crippen molar-refractivity contribution in [3.63, 3.8) is 0 Å². The molecular weight excluding hydrogens is 258 g/mol. The van der Waals surface area contributed by atoms with E-state index >= 15 is 0 Å². The third kappa shape index (κ3) is 4.08. The largest absolute Gasteiger partial charge is 0.357 e. The Morgan fingerprint density at radius 1 is 1.37 bits per heavy atom. The maximum atomic E-state index is 5.85. The lowest BCUT2D eigenvalue weighted by Gasteiger charge is -2.36. The van der Waals surface area contributed by atoms with Gasteiger partial charge < -0.3 is 10.6 Å². The van der Waals surface area contributed by atoms with Crippen LogP contribution in [0.4, 0.5) is 5.82 Å². The van der Waals surface area contributed by atoms with Crippen molar-refractivity contribution in [2.45, 2.75) is 33.1 Å². The molecule has 1 atom stereocenters. The zero-order valence-corrected chi connectivity index (χ0v) is 12.8. The fourth-order valence-electron chi connectivity index (χ4n) is 3.00. The van der Waals surface area contributed by atoms with Gasteiger partial charge in [-0.1, -0.05) is 19.4 Å². The van der Waals surface area contributed by atoms with Crippen molar-refractivity contribution in [1.29, 1.82) is 0 Å². The van der Waals surface area contributed by atoms with E-state index in [9.17, 15) is 0 Å². The molecule has 1 aromatic rings. The molecule has 1 saturated heterocycles. The number of anilines is 1. The summed E-state index contributed by atoms with van der Waals surface area (Å²) in [6, 6.07) is 6.27. The van der Waals surface area contributed by atoms with Gasteiger partial charge in [-0.15, -0.1) is 12.4 Å². The van der Waals surface area contributed by atoms with Crippen LogP contribution in [0.15, 0.2) is 18.2 Å². The first kappa shape index (κ1) is 16.3. The molecule has 2 heterocycles. The molecule has 1 aliphatic rings. The molecular formula is C15H26ClN3. The average molecular weight is 284 g/mol. The second-order valence-electron chi connectivity index (χ2n) is 5.37. The van der Waals surface area contributed by atoms with Gasteiger partial charge in [0.15, 0.2) is 0 Å². The molecule has 0 saturated carbocycles. The molecule has 2 rings (SSSR count). The van der Waals surface area contributed by atoms with E-state index in [0.717, 1.165) is 37.1 Å². The van der Waals surface area contributed by atoms with Crippen molar-refractivity contribution in [3.8, 4) is 0 Å². The number of rotatable bonds is 4. The first-order valence-electron chi connectivity index (χ1n) is 7.13. The van der Waals surface area contributed by atoms with Crippen LogP contribution in [0.3, 0.4) is 0 Å². The molecule has 1 aromatic heterocycles. The van der Waals surface area contributed by atoms with Gasteiger partial charge in [-0.25, -0.2) is 4.98 Å². The molecule has 2 N–H and O–H groups in total. The van der Waals surface area contributed by atoms with Crippen molar-refractivity contribution in [2.24, 2.45) is 17.6 Å². The Morgan fingerprint density at radius 3 is 2.58 bits per heavy atom. The fourth-order valence-corrected chi connectivity index (χ4v) is 3.00. The molecule has 0 aliphatic carbocycles. The molecule has 0 bridgehead atoms. The molecule has 0 aromatic carbocycles. The van der Waals surface area contributed by atoms with E-state index < -0.39 is 0 Å². The van der Waals surface area contributed by atoms with Crippen LogP contribution >= 0.6 is 12.4 Å². The predicted octanol–water partition coefficient (Wildman–Crippen LogP) is 3.01. The normalized spacial score (nSPS) is 17.9. The van der Waals surface area contributed by atoms with Crippen LogP contribution in [0, 0.1) is 18.8 Å². The number of pyridine rings is 1. The van der Waals surface area contributed by atoms with E-state index in [1.165, 1.54) is 19.3 Å². The number of aromatic nitrogens is 1. The highest BCUT2D eigenvalue weighted by Gasteiger charge is 2.25. The van der Waals surface area contributed by atoms with Gasteiger partial charge in [0.05, 0.1) is 0 Å². The van der Waals surface area contributed by atoms with Gasteiger partial charge in [0.1, 0.15) is 5.82 Å². The highest BCUT2D eigenvalue weighted by atomic mass is 35.5. The molecule has 108 valence electrons. The number of nitrogens with two attached hydrogens (primary N) is 1. The molecule has 4 heteroatoms. The van der Waals surface area contributed by atoms with Crippen molar-refractivity contribution in [3.05, 3.63) is 23.9 Å². The minimum absolute atomic E-state index is 0. The Bertz CT molecular complexity index is 371. The number of piperidine rings is 1. The zero-order chi connectivity index (χ0) is 13.0. The first-order chi connectivity index (χ1) is 8.74. The average Bonchev–Trinajstić information content (AvgIpc) is 2.41. The lowest BCUT2D eigenvalue weighted by molar-refractivity contribution is 0.273. The van der Waals surface area contributed by atoms with Gasteiger partial charge in [-0.3, -0.25) is 0 Å². The van der Waals surface area contributed by atoms with E-state index in [4.69, 9.17) is 5.73 Å². The number of aryl methyl sites for hydroxylation is 1. The van der Waals surface area contributed by atoms with Crippen LogP contribution in [-0.4, -0.2) is 24.6 Å². The van der Waals surface area contributed by atoms with Crippen molar-refractivity contribution >= 4 is 18.2 Å². The Labute approximate surface area is 123 Å². The van der Waals surface area contributed by atoms with E-state index in [1.54, 1.807) is 0 Å². The SMILES string of the molecule is CCC(CN)C1CCN(c2cccc(C)n2)CC1.Cl. The van der Waals surface area contributed by atoms with Crippen molar-refractivity contribution in [2.75, 3.05) is 24.5 Å². The summed E-state index contributed by atoms with van der Waals surface area (Å²) in [6.07, 6.45) is 3.72. The predicted molar refractivity (Wildman–Crippen MR) is 84.0 cm³/mol. The molecule has 1 fully saturated rings. The van der Waals surface area contributed by atoms with Gasteiger partial charge in [-0.2, -0.15) is 0 Å². The Kier molecular flexibility index (Phi) is 6.59.